The maximum absolute atomic E-state index is 12.2. The molecule has 0 heterocycles. The Labute approximate surface area is 158 Å². The lowest BCUT2D eigenvalue weighted by Crippen LogP contribution is -2.29. The Morgan fingerprint density at radius 1 is 1.07 bits per heavy atom. The number of amides is 1. The van der Waals surface area contributed by atoms with Crippen LogP contribution in [0.15, 0.2) is 36.4 Å². The molecule has 0 radical (unpaired) electrons. The number of anilines is 1. The predicted octanol–water partition coefficient (Wildman–Crippen LogP) is 2.70. The Morgan fingerprint density at radius 3 is 2.48 bits per heavy atom. The second-order valence-corrected chi connectivity index (χ2v) is 5.58. The van der Waals surface area contributed by atoms with Crippen LogP contribution in [0.25, 0.3) is 0 Å². The van der Waals surface area contributed by atoms with E-state index in [0.29, 0.717) is 41.7 Å². The predicted molar refractivity (Wildman–Crippen MR) is 102 cm³/mol. The zero-order valence-corrected chi connectivity index (χ0v) is 15.7. The third kappa shape index (κ3) is 5.54. The number of ether oxygens (including phenoxy) is 3. The first-order chi connectivity index (χ1) is 13.1. The molecule has 0 saturated heterocycles. The second kappa shape index (κ2) is 9.92. The molecular weight excluding hydrogens is 346 g/mol. The van der Waals surface area contributed by atoms with Crippen molar-refractivity contribution in [3.8, 4) is 23.3 Å². The number of carbonyl (C=O) groups excluding carboxylic acids is 1. The van der Waals surface area contributed by atoms with Gasteiger partial charge >= 0.3 is 0 Å². The average Bonchev–Trinajstić information content (AvgIpc) is 2.71. The molecule has 0 atom stereocenters. The maximum atomic E-state index is 12.2. The maximum Gasteiger partial charge on any atom is 0.239 e. The van der Waals surface area contributed by atoms with Gasteiger partial charge in [-0.25, -0.2) is 0 Å². The minimum atomic E-state index is -0.186. The molecule has 2 rings (SSSR count). The molecule has 0 fully saturated rings. The summed E-state index contributed by atoms with van der Waals surface area (Å²) in [5, 5.41) is 14.9. The summed E-state index contributed by atoms with van der Waals surface area (Å²) in [6.07, 6.45) is 0. The van der Waals surface area contributed by atoms with Crippen LogP contribution in [-0.4, -0.2) is 33.3 Å². The van der Waals surface area contributed by atoms with E-state index in [1.54, 1.807) is 38.5 Å². The molecule has 142 valence electrons. The van der Waals surface area contributed by atoms with Crippen molar-refractivity contribution in [2.75, 3.05) is 32.7 Å². The van der Waals surface area contributed by atoms with E-state index in [1.165, 1.54) is 0 Å². The number of nitrogens with zero attached hydrogens (tertiary/aromatic N) is 1. The lowest BCUT2D eigenvalue weighted by molar-refractivity contribution is -0.119. The zero-order valence-electron chi connectivity index (χ0n) is 15.7. The standard InChI is InChI=1S/C20H23N3O4/c1-4-27-17-7-5-14(11-21)9-16(17)22-13-20(24)23-12-15-6-8-18(25-2)19(10-15)26-3/h5-10,22H,4,12-13H2,1-3H3,(H,23,24). The first-order valence-corrected chi connectivity index (χ1v) is 8.49. The van der Waals surface area contributed by atoms with Gasteiger partial charge in [-0.1, -0.05) is 6.07 Å². The highest BCUT2D eigenvalue weighted by Crippen LogP contribution is 2.27. The first-order valence-electron chi connectivity index (χ1n) is 8.49. The van der Waals surface area contributed by atoms with Gasteiger partial charge in [-0.05, 0) is 42.8 Å². The van der Waals surface area contributed by atoms with Crippen LogP contribution in [0, 0.1) is 11.3 Å². The van der Waals surface area contributed by atoms with Gasteiger partial charge in [0.1, 0.15) is 5.75 Å². The van der Waals surface area contributed by atoms with Gasteiger partial charge in [0.15, 0.2) is 11.5 Å². The zero-order chi connectivity index (χ0) is 19.6. The SMILES string of the molecule is CCOc1ccc(C#N)cc1NCC(=O)NCc1ccc(OC)c(OC)c1. The van der Waals surface area contributed by atoms with Crippen LogP contribution in [0.3, 0.4) is 0 Å². The molecular formula is C20H23N3O4. The van der Waals surface area contributed by atoms with Crippen molar-refractivity contribution < 1.29 is 19.0 Å². The summed E-state index contributed by atoms with van der Waals surface area (Å²) >= 11 is 0. The number of hydrogen-bond acceptors (Lipinski definition) is 6. The fourth-order valence-electron chi connectivity index (χ4n) is 2.45. The van der Waals surface area contributed by atoms with Crippen molar-refractivity contribution in [2.45, 2.75) is 13.5 Å². The normalized spacial score (nSPS) is 9.85. The number of carbonyl (C=O) groups is 1. The van der Waals surface area contributed by atoms with E-state index in [9.17, 15) is 4.79 Å². The van der Waals surface area contributed by atoms with Gasteiger partial charge in [-0.3, -0.25) is 4.79 Å². The topological polar surface area (TPSA) is 92.6 Å². The van der Waals surface area contributed by atoms with Crippen LogP contribution < -0.4 is 24.8 Å². The van der Waals surface area contributed by atoms with Crippen molar-refractivity contribution in [1.29, 1.82) is 5.26 Å². The molecule has 1 amide bonds. The summed E-state index contributed by atoms with van der Waals surface area (Å²) in [6, 6.07) is 12.6. The molecule has 7 nitrogen and oxygen atoms in total. The molecule has 0 bridgehead atoms. The van der Waals surface area contributed by atoms with E-state index in [4.69, 9.17) is 19.5 Å². The summed E-state index contributed by atoms with van der Waals surface area (Å²) in [5.41, 5.74) is 1.99. The number of methoxy groups -OCH3 is 2. The number of nitriles is 1. The molecule has 0 aromatic heterocycles. The summed E-state index contributed by atoms with van der Waals surface area (Å²) < 4.78 is 16.0. The summed E-state index contributed by atoms with van der Waals surface area (Å²) in [6.45, 7) is 2.78. The third-order valence-electron chi connectivity index (χ3n) is 3.79. The Balaban J connectivity index is 1.94. The fraction of sp³-hybridized carbons (Fsp3) is 0.300. The van der Waals surface area contributed by atoms with E-state index in [0.717, 1.165) is 5.56 Å². The van der Waals surface area contributed by atoms with Crippen LogP contribution >= 0.6 is 0 Å². The van der Waals surface area contributed by atoms with E-state index >= 15 is 0 Å². The van der Waals surface area contributed by atoms with Crippen LogP contribution in [0.1, 0.15) is 18.1 Å². The molecule has 27 heavy (non-hydrogen) atoms. The van der Waals surface area contributed by atoms with Crippen molar-refractivity contribution in [2.24, 2.45) is 0 Å². The number of hydrogen-bond donors (Lipinski definition) is 2. The molecule has 0 aliphatic rings. The van der Waals surface area contributed by atoms with Gasteiger partial charge in [0.25, 0.3) is 0 Å². The van der Waals surface area contributed by atoms with Gasteiger partial charge in [-0.2, -0.15) is 5.26 Å². The average molecular weight is 369 g/mol. The van der Waals surface area contributed by atoms with Crippen molar-refractivity contribution in [1.82, 2.24) is 5.32 Å². The minimum absolute atomic E-state index is 0.0578. The van der Waals surface area contributed by atoms with Crippen LogP contribution in [0.2, 0.25) is 0 Å². The third-order valence-corrected chi connectivity index (χ3v) is 3.79. The lowest BCUT2D eigenvalue weighted by atomic mass is 10.2. The number of rotatable bonds is 9. The largest absolute Gasteiger partial charge is 0.493 e. The second-order valence-electron chi connectivity index (χ2n) is 5.58. The summed E-state index contributed by atoms with van der Waals surface area (Å²) in [5.74, 6) is 1.66. The number of benzene rings is 2. The minimum Gasteiger partial charge on any atom is -0.493 e. The van der Waals surface area contributed by atoms with E-state index in [2.05, 4.69) is 16.7 Å². The van der Waals surface area contributed by atoms with Crippen LogP contribution in [-0.2, 0) is 11.3 Å². The van der Waals surface area contributed by atoms with Crippen molar-refractivity contribution in [3.63, 3.8) is 0 Å². The van der Waals surface area contributed by atoms with Crippen molar-refractivity contribution >= 4 is 11.6 Å². The first kappa shape index (κ1) is 19.9. The lowest BCUT2D eigenvalue weighted by Gasteiger charge is -2.13. The fourth-order valence-corrected chi connectivity index (χ4v) is 2.45. The summed E-state index contributed by atoms with van der Waals surface area (Å²) in [7, 11) is 3.14. The molecule has 0 unspecified atom stereocenters. The molecule has 2 aromatic rings. The molecule has 0 aliphatic heterocycles. The highest BCUT2D eigenvalue weighted by atomic mass is 16.5. The highest BCUT2D eigenvalue weighted by molar-refractivity contribution is 5.81. The smallest absolute Gasteiger partial charge is 0.239 e. The molecule has 0 saturated carbocycles. The van der Waals surface area contributed by atoms with Gasteiger partial charge in [0.2, 0.25) is 5.91 Å². The monoisotopic (exact) mass is 369 g/mol. The molecule has 0 spiro atoms. The molecule has 2 aromatic carbocycles. The van der Waals surface area contributed by atoms with Gasteiger partial charge < -0.3 is 24.8 Å². The van der Waals surface area contributed by atoms with Crippen molar-refractivity contribution in [3.05, 3.63) is 47.5 Å². The van der Waals surface area contributed by atoms with E-state index < -0.39 is 0 Å². The Kier molecular flexibility index (Phi) is 7.32. The molecule has 2 N–H and O–H groups in total. The van der Waals surface area contributed by atoms with E-state index in [-0.39, 0.29) is 12.5 Å². The highest BCUT2D eigenvalue weighted by Gasteiger charge is 2.09. The van der Waals surface area contributed by atoms with Crippen LogP contribution in [0.4, 0.5) is 5.69 Å². The quantitative estimate of drug-likeness (QED) is 0.706. The van der Waals surface area contributed by atoms with Gasteiger partial charge in [-0.15, -0.1) is 0 Å². The number of nitrogens with one attached hydrogen (secondary N) is 2. The van der Waals surface area contributed by atoms with Gasteiger partial charge in [0, 0.05) is 6.54 Å². The Hall–Kier alpha value is -3.40. The van der Waals surface area contributed by atoms with E-state index in [1.807, 2.05) is 19.1 Å². The molecule has 7 heteroatoms. The summed E-state index contributed by atoms with van der Waals surface area (Å²) in [4.78, 5) is 12.2. The Morgan fingerprint density at radius 2 is 1.81 bits per heavy atom. The van der Waals surface area contributed by atoms with Crippen LogP contribution in [0.5, 0.6) is 17.2 Å². The Bertz CT molecular complexity index is 830. The molecule has 0 aliphatic carbocycles. The van der Waals surface area contributed by atoms with Gasteiger partial charge in [0.05, 0.1) is 44.7 Å².